The fraction of sp³-hybridized carbons (Fsp3) is 0.125. The molecule has 22 heavy (non-hydrogen) atoms. The van der Waals surface area contributed by atoms with Gasteiger partial charge in [-0.05, 0) is 73.3 Å². The van der Waals surface area contributed by atoms with Gasteiger partial charge in [0.15, 0.2) is 0 Å². The Morgan fingerprint density at radius 2 is 1.77 bits per heavy atom. The van der Waals surface area contributed by atoms with Gasteiger partial charge >= 0.3 is 0 Å². The molecule has 0 aromatic heterocycles. The maximum atomic E-state index is 10.6. The molecule has 2 atom stereocenters. The zero-order chi connectivity index (χ0) is 15.9. The van der Waals surface area contributed by atoms with Gasteiger partial charge in [-0.3, -0.25) is 0 Å². The Morgan fingerprint density at radius 1 is 1.05 bits per heavy atom. The van der Waals surface area contributed by atoms with E-state index in [0.29, 0.717) is 15.8 Å². The van der Waals surface area contributed by atoms with Gasteiger partial charge in [0.05, 0.1) is 5.02 Å². The third-order valence-corrected chi connectivity index (χ3v) is 5.77. The molecule has 0 saturated carbocycles. The number of fused-ring (bicyclic) bond motifs is 1. The summed E-state index contributed by atoms with van der Waals surface area (Å²) in [5.74, 6) is 0.447. The summed E-state index contributed by atoms with van der Waals surface area (Å²) in [7, 11) is 0. The summed E-state index contributed by atoms with van der Waals surface area (Å²) in [6.07, 6.45) is 2.41. The van der Waals surface area contributed by atoms with E-state index in [2.05, 4.69) is 31.9 Å². The van der Waals surface area contributed by atoms with E-state index < -0.39 is 12.2 Å². The molecule has 2 nitrogen and oxygen atoms in total. The minimum absolute atomic E-state index is 0.447. The predicted molar refractivity (Wildman–Crippen MR) is 96.7 cm³/mol. The molecule has 0 heterocycles. The van der Waals surface area contributed by atoms with Crippen molar-refractivity contribution in [3.05, 3.63) is 66.5 Å². The summed E-state index contributed by atoms with van der Waals surface area (Å²) >= 11 is 19.0. The van der Waals surface area contributed by atoms with Crippen molar-refractivity contribution in [2.45, 2.75) is 12.2 Å². The number of aliphatic hydroxyl groups excluding tert-OH is 1. The van der Waals surface area contributed by atoms with Gasteiger partial charge in [0.25, 0.3) is 0 Å². The van der Waals surface area contributed by atoms with Crippen LogP contribution in [0.5, 0.6) is 5.75 Å². The van der Waals surface area contributed by atoms with Crippen LogP contribution in [0.4, 0.5) is 0 Å². The molecule has 0 saturated heterocycles. The van der Waals surface area contributed by atoms with Crippen LogP contribution in [-0.2, 0) is 0 Å². The van der Waals surface area contributed by atoms with Gasteiger partial charge in [-0.1, -0.05) is 29.3 Å². The molecule has 2 aromatic rings. The number of benzene rings is 2. The van der Waals surface area contributed by atoms with Gasteiger partial charge < -0.3 is 9.84 Å². The van der Waals surface area contributed by atoms with Crippen LogP contribution in [0.25, 0.3) is 6.08 Å². The second-order valence-electron chi connectivity index (χ2n) is 4.86. The zero-order valence-electron chi connectivity index (χ0n) is 11.1. The summed E-state index contributed by atoms with van der Waals surface area (Å²) in [6.45, 7) is 0. The molecule has 3 rings (SSSR count). The van der Waals surface area contributed by atoms with Crippen molar-refractivity contribution in [3.8, 4) is 5.75 Å². The average Bonchev–Trinajstić information content (AvgIpc) is 2.48. The highest BCUT2D eigenvalue weighted by atomic mass is 79.9. The third kappa shape index (κ3) is 3.22. The largest absolute Gasteiger partial charge is 0.482 e. The van der Waals surface area contributed by atoms with Crippen molar-refractivity contribution >= 4 is 61.1 Å². The van der Waals surface area contributed by atoms with E-state index in [4.69, 9.17) is 27.9 Å². The van der Waals surface area contributed by atoms with Crippen LogP contribution in [0.1, 0.15) is 17.2 Å². The molecule has 0 amide bonds. The quantitative estimate of drug-likeness (QED) is 0.588. The lowest BCUT2D eigenvalue weighted by atomic mass is 9.93. The van der Waals surface area contributed by atoms with Crippen LogP contribution in [-0.4, -0.2) is 11.2 Å². The molecule has 2 aromatic carbocycles. The molecular weight excluding hydrogens is 455 g/mol. The minimum atomic E-state index is -0.792. The highest BCUT2D eigenvalue weighted by Gasteiger charge is 2.27. The summed E-state index contributed by atoms with van der Waals surface area (Å²) in [6, 6.07) is 8.82. The molecule has 0 unspecified atom stereocenters. The Bertz CT molecular complexity index is 762. The summed E-state index contributed by atoms with van der Waals surface area (Å²) < 4.78 is 7.63. The molecule has 0 bridgehead atoms. The van der Waals surface area contributed by atoms with E-state index in [-0.39, 0.29) is 0 Å². The van der Waals surface area contributed by atoms with Crippen LogP contribution in [0, 0.1) is 0 Å². The Kier molecular flexibility index (Phi) is 4.86. The predicted octanol–water partition coefficient (Wildman–Crippen LogP) is 6.03. The molecule has 0 aliphatic heterocycles. The molecule has 114 valence electrons. The normalized spacial score (nSPS) is 19.9. The maximum Gasteiger partial charge on any atom is 0.147 e. The Hall–Kier alpha value is -0.520. The van der Waals surface area contributed by atoms with E-state index in [9.17, 15) is 5.11 Å². The monoisotopic (exact) mass is 462 g/mol. The SMILES string of the molecule is O[C@H]1c2cc(Br)c(Br)cc2C=C[C@@H]1Oc1cc(Cl)ccc1Cl. The minimum Gasteiger partial charge on any atom is -0.482 e. The van der Waals surface area contributed by atoms with Crippen LogP contribution < -0.4 is 4.74 Å². The van der Waals surface area contributed by atoms with Crippen LogP contribution in [0.3, 0.4) is 0 Å². The lowest BCUT2D eigenvalue weighted by Gasteiger charge is -2.27. The van der Waals surface area contributed by atoms with Gasteiger partial charge in [0, 0.05) is 20.0 Å². The van der Waals surface area contributed by atoms with Gasteiger partial charge in [0.1, 0.15) is 18.0 Å². The first kappa shape index (κ1) is 16.3. The molecule has 0 fully saturated rings. The number of aliphatic hydroxyl groups is 1. The first-order valence-electron chi connectivity index (χ1n) is 6.42. The molecule has 1 aliphatic rings. The second kappa shape index (κ2) is 6.54. The summed E-state index contributed by atoms with van der Waals surface area (Å²) in [4.78, 5) is 0. The van der Waals surface area contributed by atoms with Gasteiger partial charge in [-0.25, -0.2) is 0 Å². The van der Waals surface area contributed by atoms with Crippen molar-refractivity contribution in [2.75, 3.05) is 0 Å². The van der Waals surface area contributed by atoms with E-state index in [0.717, 1.165) is 20.1 Å². The fourth-order valence-electron chi connectivity index (χ4n) is 2.28. The van der Waals surface area contributed by atoms with Crippen molar-refractivity contribution < 1.29 is 9.84 Å². The molecule has 1 aliphatic carbocycles. The maximum absolute atomic E-state index is 10.6. The van der Waals surface area contributed by atoms with Crippen molar-refractivity contribution in [1.82, 2.24) is 0 Å². The number of halogens is 4. The molecule has 1 N–H and O–H groups in total. The smallest absolute Gasteiger partial charge is 0.147 e. The molecule has 0 spiro atoms. The summed E-state index contributed by atoms with van der Waals surface area (Å²) in [5, 5.41) is 11.5. The van der Waals surface area contributed by atoms with Gasteiger partial charge in [0.2, 0.25) is 0 Å². The Labute approximate surface area is 155 Å². The van der Waals surface area contributed by atoms with E-state index in [1.54, 1.807) is 18.2 Å². The lowest BCUT2D eigenvalue weighted by molar-refractivity contribution is 0.0623. The first-order chi connectivity index (χ1) is 10.5. The zero-order valence-corrected chi connectivity index (χ0v) is 15.7. The highest BCUT2D eigenvalue weighted by molar-refractivity contribution is 9.13. The second-order valence-corrected chi connectivity index (χ2v) is 7.41. The van der Waals surface area contributed by atoms with Crippen LogP contribution in [0.2, 0.25) is 10.0 Å². The fourth-order valence-corrected chi connectivity index (χ4v) is 3.32. The van der Waals surface area contributed by atoms with E-state index in [1.807, 2.05) is 24.3 Å². The third-order valence-electron chi connectivity index (χ3n) is 3.38. The van der Waals surface area contributed by atoms with Crippen molar-refractivity contribution in [3.63, 3.8) is 0 Å². The average molecular weight is 465 g/mol. The Morgan fingerprint density at radius 3 is 2.55 bits per heavy atom. The topological polar surface area (TPSA) is 29.5 Å². The molecule has 0 radical (unpaired) electrons. The van der Waals surface area contributed by atoms with Crippen molar-refractivity contribution in [1.29, 1.82) is 0 Å². The highest BCUT2D eigenvalue weighted by Crippen LogP contribution is 2.37. The number of hydrogen-bond acceptors (Lipinski definition) is 2. The van der Waals surface area contributed by atoms with E-state index in [1.165, 1.54) is 0 Å². The van der Waals surface area contributed by atoms with Crippen molar-refractivity contribution in [2.24, 2.45) is 0 Å². The number of ether oxygens (including phenoxy) is 1. The lowest BCUT2D eigenvalue weighted by Crippen LogP contribution is -2.26. The van der Waals surface area contributed by atoms with Crippen LogP contribution in [0.15, 0.2) is 45.4 Å². The van der Waals surface area contributed by atoms with Gasteiger partial charge in [-0.15, -0.1) is 0 Å². The van der Waals surface area contributed by atoms with E-state index >= 15 is 0 Å². The van der Waals surface area contributed by atoms with Gasteiger partial charge in [-0.2, -0.15) is 0 Å². The standard InChI is InChI=1S/C16H10Br2Cl2O2/c17-11-5-8-1-4-14(16(21)10(8)7-12(11)18)22-15-6-9(19)2-3-13(15)20/h1-7,14,16,21H/t14-,16-/m0/s1. The Balaban J connectivity index is 1.92. The first-order valence-corrected chi connectivity index (χ1v) is 8.77. The number of rotatable bonds is 2. The summed E-state index contributed by atoms with van der Waals surface area (Å²) in [5.41, 5.74) is 1.74. The number of hydrogen-bond donors (Lipinski definition) is 1. The molecule has 6 heteroatoms. The van der Waals surface area contributed by atoms with Crippen LogP contribution >= 0.6 is 55.1 Å². The molecular formula is C16H10Br2Cl2O2.